The summed E-state index contributed by atoms with van der Waals surface area (Å²) in [6, 6.07) is 0. The van der Waals surface area contributed by atoms with Crippen LogP contribution < -0.4 is 0 Å². The Morgan fingerprint density at radius 3 is 2.50 bits per heavy atom. The number of aromatic nitrogens is 4. The second-order valence-corrected chi connectivity index (χ2v) is 4.72. The quantitative estimate of drug-likeness (QED) is 0.655. The molecule has 1 N–H and O–H groups in total. The van der Waals surface area contributed by atoms with Gasteiger partial charge in [0, 0.05) is 12.8 Å². The fourth-order valence-corrected chi connectivity index (χ4v) is 2.26. The first-order valence-corrected chi connectivity index (χ1v) is 6.65. The normalized spacial score (nSPS) is 11.2. The van der Waals surface area contributed by atoms with Crippen molar-refractivity contribution >= 4 is 22.9 Å². The van der Waals surface area contributed by atoms with E-state index in [1.54, 1.807) is 11.8 Å². The van der Waals surface area contributed by atoms with E-state index in [-0.39, 0.29) is 0 Å². The Morgan fingerprint density at radius 1 is 1.06 bits per heavy atom. The zero-order chi connectivity index (χ0) is 11.5. The van der Waals surface area contributed by atoms with Gasteiger partial charge in [0.2, 0.25) is 0 Å². The Hall–Kier alpha value is -1.10. The van der Waals surface area contributed by atoms with E-state index in [0.717, 1.165) is 46.4 Å². The first-order valence-electron chi connectivity index (χ1n) is 5.66. The summed E-state index contributed by atoms with van der Waals surface area (Å²) in [5.41, 5.74) is 1.79. The van der Waals surface area contributed by atoms with Gasteiger partial charge in [0.15, 0.2) is 5.65 Å². The van der Waals surface area contributed by atoms with E-state index in [2.05, 4.69) is 40.7 Å². The van der Waals surface area contributed by atoms with E-state index in [1.165, 1.54) is 0 Å². The van der Waals surface area contributed by atoms with E-state index in [4.69, 9.17) is 0 Å². The number of rotatable bonds is 4. The molecule has 0 aliphatic rings. The standard InChI is InChI=1S/C11H16N4S/c1-4-7-12-9-10(13-7)14-8(5-2)15-11(9)16-6-3/h4-6H2,1-3H3,(H,12,13,14,15). The van der Waals surface area contributed by atoms with Crippen LogP contribution in [0.4, 0.5) is 0 Å². The van der Waals surface area contributed by atoms with Gasteiger partial charge in [-0.25, -0.2) is 15.0 Å². The van der Waals surface area contributed by atoms with Gasteiger partial charge in [0.05, 0.1) is 0 Å². The molecule has 0 atom stereocenters. The van der Waals surface area contributed by atoms with Gasteiger partial charge >= 0.3 is 0 Å². The molecule has 2 rings (SSSR count). The van der Waals surface area contributed by atoms with E-state index < -0.39 is 0 Å². The van der Waals surface area contributed by atoms with Crippen molar-refractivity contribution in [2.45, 2.75) is 38.6 Å². The number of nitrogens with one attached hydrogen (secondary N) is 1. The summed E-state index contributed by atoms with van der Waals surface area (Å²) in [6.45, 7) is 6.27. The predicted octanol–water partition coefficient (Wildman–Crippen LogP) is 2.59. The number of thioether (sulfide) groups is 1. The second kappa shape index (κ2) is 4.82. The van der Waals surface area contributed by atoms with Crippen LogP contribution >= 0.6 is 11.8 Å². The number of aromatic amines is 1. The molecular formula is C11H16N4S. The third-order valence-electron chi connectivity index (χ3n) is 2.35. The molecule has 16 heavy (non-hydrogen) atoms. The van der Waals surface area contributed by atoms with Gasteiger partial charge < -0.3 is 4.98 Å². The number of aryl methyl sites for hydroxylation is 2. The van der Waals surface area contributed by atoms with Crippen molar-refractivity contribution in [3.05, 3.63) is 11.6 Å². The molecule has 0 amide bonds. The lowest BCUT2D eigenvalue weighted by atomic mass is 10.4. The largest absolute Gasteiger partial charge is 0.338 e. The highest BCUT2D eigenvalue weighted by Gasteiger charge is 2.11. The molecular weight excluding hydrogens is 220 g/mol. The molecule has 0 aliphatic carbocycles. The Kier molecular flexibility index (Phi) is 3.43. The molecule has 2 aromatic rings. The van der Waals surface area contributed by atoms with Crippen LogP contribution in [0.25, 0.3) is 11.2 Å². The van der Waals surface area contributed by atoms with Crippen LogP contribution in [-0.4, -0.2) is 25.7 Å². The zero-order valence-corrected chi connectivity index (χ0v) is 10.7. The SMILES string of the molecule is CCSc1nc(CC)nc2nc(CC)[nH]c12. The second-order valence-electron chi connectivity index (χ2n) is 3.47. The number of hydrogen-bond donors (Lipinski definition) is 1. The van der Waals surface area contributed by atoms with Crippen LogP contribution in [0.3, 0.4) is 0 Å². The lowest BCUT2D eigenvalue weighted by Gasteiger charge is -2.01. The third-order valence-corrected chi connectivity index (χ3v) is 3.20. The predicted molar refractivity (Wildman–Crippen MR) is 66.8 cm³/mol. The molecule has 0 saturated carbocycles. The molecule has 0 bridgehead atoms. The summed E-state index contributed by atoms with van der Waals surface area (Å²) in [4.78, 5) is 16.7. The van der Waals surface area contributed by atoms with Gasteiger partial charge in [-0.2, -0.15) is 0 Å². The van der Waals surface area contributed by atoms with Gasteiger partial charge in [-0.15, -0.1) is 11.8 Å². The number of imidazole rings is 1. The molecule has 0 fully saturated rings. The fraction of sp³-hybridized carbons (Fsp3) is 0.545. The van der Waals surface area contributed by atoms with E-state index >= 15 is 0 Å². The Bertz CT molecular complexity index is 492. The first-order chi connectivity index (χ1) is 7.78. The van der Waals surface area contributed by atoms with E-state index in [9.17, 15) is 0 Å². The number of fused-ring (bicyclic) bond motifs is 1. The summed E-state index contributed by atoms with van der Waals surface area (Å²) >= 11 is 1.74. The summed E-state index contributed by atoms with van der Waals surface area (Å²) in [6.07, 6.45) is 1.75. The molecule has 0 aliphatic heterocycles. The number of H-pyrrole nitrogens is 1. The summed E-state index contributed by atoms with van der Waals surface area (Å²) in [7, 11) is 0. The minimum atomic E-state index is 0.805. The van der Waals surface area contributed by atoms with Crippen molar-refractivity contribution in [1.29, 1.82) is 0 Å². The maximum Gasteiger partial charge on any atom is 0.182 e. The number of nitrogens with zero attached hydrogens (tertiary/aromatic N) is 3. The Labute approximate surface area is 99.3 Å². The van der Waals surface area contributed by atoms with Crippen molar-refractivity contribution in [3.8, 4) is 0 Å². The van der Waals surface area contributed by atoms with Gasteiger partial charge in [0.25, 0.3) is 0 Å². The monoisotopic (exact) mass is 236 g/mol. The molecule has 4 nitrogen and oxygen atoms in total. The molecule has 2 aromatic heterocycles. The van der Waals surface area contributed by atoms with Crippen molar-refractivity contribution in [1.82, 2.24) is 19.9 Å². The van der Waals surface area contributed by atoms with Crippen LogP contribution in [0.5, 0.6) is 0 Å². The third kappa shape index (κ3) is 2.04. The topological polar surface area (TPSA) is 54.5 Å². The number of hydrogen-bond acceptors (Lipinski definition) is 4. The highest BCUT2D eigenvalue weighted by atomic mass is 32.2. The highest BCUT2D eigenvalue weighted by molar-refractivity contribution is 7.99. The molecule has 5 heteroatoms. The van der Waals surface area contributed by atoms with E-state index in [1.807, 2.05) is 0 Å². The first kappa shape index (κ1) is 11.4. The summed E-state index contributed by atoms with van der Waals surface area (Å²) in [5, 5.41) is 1.02. The van der Waals surface area contributed by atoms with Gasteiger partial charge in [-0.1, -0.05) is 20.8 Å². The molecule has 0 unspecified atom stereocenters. The smallest absolute Gasteiger partial charge is 0.182 e. The lowest BCUT2D eigenvalue weighted by molar-refractivity contribution is 0.911. The Balaban J connectivity index is 2.59. The van der Waals surface area contributed by atoms with Gasteiger partial charge in [-0.05, 0) is 5.75 Å². The molecule has 0 aromatic carbocycles. The minimum absolute atomic E-state index is 0.805. The molecule has 0 radical (unpaired) electrons. The maximum absolute atomic E-state index is 4.54. The average molecular weight is 236 g/mol. The van der Waals surface area contributed by atoms with Crippen LogP contribution in [0.2, 0.25) is 0 Å². The van der Waals surface area contributed by atoms with Crippen LogP contribution in [0.15, 0.2) is 5.03 Å². The minimum Gasteiger partial charge on any atom is -0.338 e. The molecule has 0 spiro atoms. The Morgan fingerprint density at radius 2 is 1.88 bits per heavy atom. The van der Waals surface area contributed by atoms with Gasteiger partial charge in [-0.3, -0.25) is 0 Å². The fourth-order valence-electron chi connectivity index (χ4n) is 1.53. The molecule has 2 heterocycles. The van der Waals surface area contributed by atoms with Crippen molar-refractivity contribution in [2.75, 3.05) is 5.75 Å². The zero-order valence-electron chi connectivity index (χ0n) is 9.87. The van der Waals surface area contributed by atoms with Gasteiger partial charge in [0.1, 0.15) is 22.2 Å². The average Bonchev–Trinajstić information content (AvgIpc) is 2.72. The van der Waals surface area contributed by atoms with Crippen molar-refractivity contribution < 1.29 is 0 Å². The van der Waals surface area contributed by atoms with Crippen LogP contribution in [-0.2, 0) is 12.8 Å². The summed E-state index contributed by atoms with van der Waals surface area (Å²) in [5.74, 6) is 2.86. The lowest BCUT2D eigenvalue weighted by Crippen LogP contribution is -1.96. The van der Waals surface area contributed by atoms with Crippen LogP contribution in [0.1, 0.15) is 32.4 Å². The molecule has 0 saturated heterocycles. The highest BCUT2D eigenvalue weighted by Crippen LogP contribution is 2.23. The summed E-state index contributed by atoms with van der Waals surface area (Å²) < 4.78 is 0. The maximum atomic E-state index is 4.54. The van der Waals surface area contributed by atoms with E-state index in [0.29, 0.717) is 0 Å². The van der Waals surface area contributed by atoms with Crippen molar-refractivity contribution in [3.63, 3.8) is 0 Å². The van der Waals surface area contributed by atoms with Crippen molar-refractivity contribution in [2.24, 2.45) is 0 Å². The van der Waals surface area contributed by atoms with Crippen LogP contribution in [0, 0.1) is 0 Å². The molecule has 86 valence electrons.